The normalized spacial score (nSPS) is 21.9. The smallest absolute Gasteiger partial charge is 0.130 e. The summed E-state index contributed by atoms with van der Waals surface area (Å²) >= 11 is 0. The quantitative estimate of drug-likeness (QED) is 0.782. The van der Waals surface area contributed by atoms with Gasteiger partial charge in [-0.3, -0.25) is 0 Å². The van der Waals surface area contributed by atoms with Gasteiger partial charge < -0.3 is 15.4 Å². The van der Waals surface area contributed by atoms with E-state index in [-0.39, 0.29) is 6.10 Å². The van der Waals surface area contributed by atoms with Crippen molar-refractivity contribution >= 4 is 11.5 Å². The van der Waals surface area contributed by atoms with E-state index in [2.05, 4.69) is 16.8 Å². The molecule has 0 radical (unpaired) electrons. The molecule has 1 atom stereocenters. The molecule has 4 heteroatoms. The van der Waals surface area contributed by atoms with Gasteiger partial charge >= 0.3 is 0 Å². The molecule has 1 aromatic rings. The number of nitrogen functional groups attached to an aromatic ring is 1. The van der Waals surface area contributed by atoms with E-state index in [9.17, 15) is 0 Å². The number of ether oxygens (including phenoxy) is 1. The summed E-state index contributed by atoms with van der Waals surface area (Å²) in [6.45, 7) is 6.77. The van der Waals surface area contributed by atoms with Gasteiger partial charge in [0.05, 0.1) is 6.10 Å². The first-order valence-electron chi connectivity index (χ1n) is 5.75. The predicted molar refractivity (Wildman–Crippen MR) is 65.6 cm³/mol. The highest BCUT2D eigenvalue weighted by Crippen LogP contribution is 2.19. The van der Waals surface area contributed by atoms with Crippen LogP contribution in [0.1, 0.15) is 18.9 Å². The van der Waals surface area contributed by atoms with E-state index in [0.29, 0.717) is 0 Å². The van der Waals surface area contributed by atoms with Crippen LogP contribution in [0, 0.1) is 6.92 Å². The highest BCUT2D eigenvalue weighted by Gasteiger charge is 2.16. The largest absolute Gasteiger partial charge is 0.398 e. The Balaban J connectivity index is 2.18. The summed E-state index contributed by atoms with van der Waals surface area (Å²) in [6, 6.07) is 1.95. The summed E-state index contributed by atoms with van der Waals surface area (Å²) in [6.07, 6.45) is 3.13. The molecule has 0 aliphatic carbocycles. The van der Waals surface area contributed by atoms with E-state index in [1.54, 1.807) is 0 Å². The monoisotopic (exact) mass is 221 g/mol. The number of hydrogen-bond acceptors (Lipinski definition) is 4. The minimum absolute atomic E-state index is 0.256. The SMILES string of the molecule is Cc1cnc(N2CCCOC(C)C2)cc1N. The fraction of sp³-hybridized carbons (Fsp3) is 0.583. The lowest BCUT2D eigenvalue weighted by molar-refractivity contribution is 0.0820. The van der Waals surface area contributed by atoms with Crippen molar-refractivity contribution in [1.29, 1.82) is 0 Å². The van der Waals surface area contributed by atoms with Crippen LogP contribution in [-0.2, 0) is 4.74 Å². The number of pyridine rings is 1. The fourth-order valence-electron chi connectivity index (χ4n) is 1.90. The van der Waals surface area contributed by atoms with Crippen molar-refractivity contribution in [2.45, 2.75) is 26.4 Å². The maximum Gasteiger partial charge on any atom is 0.130 e. The zero-order chi connectivity index (χ0) is 11.5. The highest BCUT2D eigenvalue weighted by molar-refractivity contribution is 5.54. The lowest BCUT2D eigenvalue weighted by Crippen LogP contribution is -2.30. The molecular formula is C12H19N3O. The second-order valence-corrected chi connectivity index (χ2v) is 4.38. The number of rotatable bonds is 1. The average molecular weight is 221 g/mol. The van der Waals surface area contributed by atoms with Crippen molar-refractivity contribution < 1.29 is 4.74 Å². The van der Waals surface area contributed by atoms with Crippen LogP contribution >= 0.6 is 0 Å². The second kappa shape index (κ2) is 4.70. The predicted octanol–water partition coefficient (Wildman–Crippen LogP) is 1.59. The van der Waals surface area contributed by atoms with E-state index < -0.39 is 0 Å². The molecule has 1 unspecified atom stereocenters. The zero-order valence-corrected chi connectivity index (χ0v) is 9.94. The number of nitrogens with zero attached hydrogens (tertiary/aromatic N) is 2. The molecule has 0 bridgehead atoms. The van der Waals surface area contributed by atoms with Gasteiger partial charge in [-0.15, -0.1) is 0 Å². The van der Waals surface area contributed by atoms with Gasteiger partial charge in [-0.2, -0.15) is 0 Å². The molecule has 16 heavy (non-hydrogen) atoms. The zero-order valence-electron chi connectivity index (χ0n) is 9.94. The number of nitrogens with two attached hydrogens (primary N) is 1. The Labute approximate surface area is 96.4 Å². The van der Waals surface area contributed by atoms with Gasteiger partial charge in [-0.1, -0.05) is 0 Å². The van der Waals surface area contributed by atoms with Crippen molar-refractivity contribution in [2.75, 3.05) is 30.3 Å². The minimum atomic E-state index is 0.256. The minimum Gasteiger partial charge on any atom is -0.398 e. The number of hydrogen-bond donors (Lipinski definition) is 1. The maximum absolute atomic E-state index is 5.90. The van der Waals surface area contributed by atoms with Crippen LogP contribution in [-0.4, -0.2) is 30.8 Å². The van der Waals surface area contributed by atoms with Crippen LogP contribution in [0.2, 0.25) is 0 Å². The molecule has 1 aliphatic heterocycles. The van der Waals surface area contributed by atoms with Crippen molar-refractivity contribution in [3.63, 3.8) is 0 Å². The molecule has 1 aromatic heterocycles. The Hall–Kier alpha value is -1.29. The van der Waals surface area contributed by atoms with Crippen molar-refractivity contribution in [2.24, 2.45) is 0 Å². The molecule has 2 N–H and O–H groups in total. The van der Waals surface area contributed by atoms with E-state index >= 15 is 0 Å². The molecule has 1 aliphatic rings. The lowest BCUT2D eigenvalue weighted by Gasteiger charge is -2.23. The van der Waals surface area contributed by atoms with Crippen LogP contribution < -0.4 is 10.6 Å². The van der Waals surface area contributed by atoms with Gasteiger partial charge in [0.15, 0.2) is 0 Å². The first-order chi connectivity index (χ1) is 7.66. The molecule has 4 nitrogen and oxygen atoms in total. The van der Waals surface area contributed by atoms with Crippen molar-refractivity contribution in [1.82, 2.24) is 4.98 Å². The topological polar surface area (TPSA) is 51.4 Å². The molecule has 88 valence electrons. The molecule has 0 saturated carbocycles. The Kier molecular flexibility index (Phi) is 3.29. The summed E-state index contributed by atoms with van der Waals surface area (Å²) in [7, 11) is 0. The van der Waals surface area contributed by atoms with Gasteiger partial charge in [0, 0.05) is 37.6 Å². The third-order valence-corrected chi connectivity index (χ3v) is 2.91. The van der Waals surface area contributed by atoms with Gasteiger partial charge in [0.25, 0.3) is 0 Å². The molecule has 2 rings (SSSR count). The lowest BCUT2D eigenvalue weighted by atomic mass is 10.2. The molecule has 0 spiro atoms. The van der Waals surface area contributed by atoms with Gasteiger partial charge in [0.1, 0.15) is 5.82 Å². The summed E-state index contributed by atoms with van der Waals surface area (Å²) in [4.78, 5) is 6.67. The third-order valence-electron chi connectivity index (χ3n) is 2.91. The molecule has 0 amide bonds. The van der Waals surface area contributed by atoms with Crippen LogP contribution in [0.3, 0.4) is 0 Å². The third kappa shape index (κ3) is 2.44. The Morgan fingerprint density at radius 3 is 3.12 bits per heavy atom. The van der Waals surface area contributed by atoms with Crippen LogP contribution in [0.5, 0.6) is 0 Å². The Morgan fingerprint density at radius 1 is 1.56 bits per heavy atom. The van der Waals surface area contributed by atoms with E-state index in [4.69, 9.17) is 10.5 Å². The molecule has 2 heterocycles. The van der Waals surface area contributed by atoms with E-state index in [1.807, 2.05) is 19.2 Å². The standard InChI is InChI=1S/C12H19N3O/c1-9-7-14-12(6-11(9)13)15-4-3-5-16-10(2)8-15/h6-7,10H,3-5,8H2,1-2H3,(H2,13,14). The number of aryl methyl sites for hydroxylation is 1. The first-order valence-corrected chi connectivity index (χ1v) is 5.75. The number of anilines is 2. The van der Waals surface area contributed by atoms with Gasteiger partial charge in [-0.25, -0.2) is 4.98 Å². The molecular weight excluding hydrogens is 202 g/mol. The van der Waals surface area contributed by atoms with Crippen LogP contribution in [0.15, 0.2) is 12.3 Å². The van der Waals surface area contributed by atoms with Gasteiger partial charge in [0.2, 0.25) is 0 Å². The number of aromatic nitrogens is 1. The van der Waals surface area contributed by atoms with Crippen LogP contribution in [0.25, 0.3) is 0 Å². The molecule has 1 saturated heterocycles. The summed E-state index contributed by atoms with van der Waals surface area (Å²) in [5.41, 5.74) is 7.74. The van der Waals surface area contributed by atoms with E-state index in [0.717, 1.165) is 43.2 Å². The summed E-state index contributed by atoms with van der Waals surface area (Å²) in [5.74, 6) is 0.959. The highest BCUT2D eigenvalue weighted by atomic mass is 16.5. The van der Waals surface area contributed by atoms with Crippen LogP contribution in [0.4, 0.5) is 11.5 Å². The Morgan fingerprint density at radius 2 is 2.38 bits per heavy atom. The second-order valence-electron chi connectivity index (χ2n) is 4.38. The first kappa shape index (κ1) is 11.2. The fourth-order valence-corrected chi connectivity index (χ4v) is 1.90. The summed E-state index contributed by atoms with van der Waals surface area (Å²) < 4.78 is 5.61. The molecule has 0 aromatic carbocycles. The Bertz CT molecular complexity index is 367. The molecule has 1 fully saturated rings. The van der Waals surface area contributed by atoms with E-state index in [1.165, 1.54) is 0 Å². The summed E-state index contributed by atoms with van der Waals surface area (Å²) in [5, 5.41) is 0. The van der Waals surface area contributed by atoms with Gasteiger partial charge in [-0.05, 0) is 25.8 Å². The van der Waals surface area contributed by atoms with Crippen molar-refractivity contribution in [3.8, 4) is 0 Å². The maximum atomic E-state index is 5.90. The van der Waals surface area contributed by atoms with Crippen molar-refractivity contribution in [3.05, 3.63) is 17.8 Å². The average Bonchev–Trinajstić information content (AvgIpc) is 2.47.